The van der Waals surface area contributed by atoms with Crippen LogP contribution in [0.3, 0.4) is 0 Å². The van der Waals surface area contributed by atoms with E-state index in [4.69, 9.17) is 5.73 Å². The highest BCUT2D eigenvalue weighted by atomic mass is 19.1. The fourth-order valence-electron chi connectivity index (χ4n) is 2.33. The van der Waals surface area contributed by atoms with Gasteiger partial charge < -0.3 is 16.0 Å². The van der Waals surface area contributed by atoms with Crippen molar-refractivity contribution >= 4 is 11.7 Å². The number of halogens is 1. The summed E-state index contributed by atoms with van der Waals surface area (Å²) in [6.07, 6.45) is 0.934. The van der Waals surface area contributed by atoms with Crippen LogP contribution in [0.25, 0.3) is 0 Å². The molecule has 4 nitrogen and oxygen atoms in total. The smallest absolute Gasteiger partial charge is 0.321 e. The van der Waals surface area contributed by atoms with Crippen molar-refractivity contribution in [1.29, 1.82) is 0 Å². The Morgan fingerprint density at radius 1 is 1.50 bits per heavy atom. The van der Waals surface area contributed by atoms with E-state index >= 15 is 0 Å². The molecule has 1 saturated heterocycles. The number of hydrogen-bond donors (Lipinski definition) is 2. The van der Waals surface area contributed by atoms with E-state index < -0.39 is 0 Å². The van der Waals surface area contributed by atoms with Gasteiger partial charge in [0.15, 0.2) is 0 Å². The molecule has 2 unspecified atom stereocenters. The highest BCUT2D eigenvalue weighted by molar-refractivity contribution is 5.89. The van der Waals surface area contributed by atoms with Crippen molar-refractivity contribution in [1.82, 2.24) is 4.90 Å². The van der Waals surface area contributed by atoms with Crippen LogP contribution in [0.2, 0.25) is 0 Å². The van der Waals surface area contributed by atoms with Crippen LogP contribution in [0.4, 0.5) is 14.9 Å². The molecule has 1 fully saturated rings. The summed E-state index contributed by atoms with van der Waals surface area (Å²) in [5.74, 6) is 0.0310. The Balaban J connectivity index is 1.99. The molecule has 1 aliphatic rings. The molecule has 18 heavy (non-hydrogen) atoms. The summed E-state index contributed by atoms with van der Waals surface area (Å²) < 4.78 is 13.0. The topological polar surface area (TPSA) is 58.4 Å². The van der Waals surface area contributed by atoms with Gasteiger partial charge in [0.05, 0.1) is 0 Å². The van der Waals surface area contributed by atoms with Crippen molar-refractivity contribution in [3.63, 3.8) is 0 Å². The summed E-state index contributed by atoms with van der Waals surface area (Å²) >= 11 is 0. The first-order valence-corrected chi connectivity index (χ1v) is 6.11. The largest absolute Gasteiger partial charge is 0.326 e. The second-order valence-corrected chi connectivity index (χ2v) is 4.95. The molecule has 0 saturated carbocycles. The number of anilines is 1. The molecule has 1 aromatic rings. The van der Waals surface area contributed by atoms with E-state index in [2.05, 4.69) is 12.2 Å². The molecule has 0 aliphatic carbocycles. The molecule has 1 aromatic carbocycles. The first kappa shape index (κ1) is 12.8. The molecule has 0 radical (unpaired) electrons. The van der Waals surface area contributed by atoms with Crippen LogP contribution in [0.5, 0.6) is 0 Å². The number of urea groups is 1. The van der Waals surface area contributed by atoms with Gasteiger partial charge in [0.1, 0.15) is 5.82 Å². The predicted molar refractivity (Wildman–Crippen MR) is 68.7 cm³/mol. The van der Waals surface area contributed by atoms with Crippen molar-refractivity contribution in [2.24, 2.45) is 11.7 Å². The van der Waals surface area contributed by atoms with Gasteiger partial charge in [0.25, 0.3) is 0 Å². The molecule has 0 bridgehead atoms. The van der Waals surface area contributed by atoms with Gasteiger partial charge in [-0.15, -0.1) is 0 Å². The van der Waals surface area contributed by atoms with Gasteiger partial charge in [-0.1, -0.05) is 13.0 Å². The van der Waals surface area contributed by atoms with Crippen LogP contribution in [-0.4, -0.2) is 30.1 Å². The van der Waals surface area contributed by atoms with Gasteiger partial charge in [-0.25, -0.2) is 9.18 Å². The van der Waals surface area contributed by atoms with Crippen molar-refractivity contribution in [3.8, 4) is 0 Å². The summed E-state index contributed by atoms with van der Waals surface area (Å²) in [4.78, 5) is 13.7. The lowest BCUT2D eigenvalue weighted by Gasteiger charge is -2.34. The lowest BCUT2D eigenvalue weighted by Crippen LogP contribution is -2.50. The third-order valence-electron chi connectivity index (χ3n) is 3.06. The molecule has 2 atom stereocenters. The normalized spacial score (nSPS) is 23.8. The number of carbonyl (C=O) groups excluding carboxylic acids is 1. The fraction of sp³-hybridized carbons (Fsp3) is 0.462. The van der Waals surface area contributed by atoms with Crippen LogP contribution in [0.15, 0.2) is 24.3 Å². The van der Waals surface area contributed by atoms with E-state index in [1.807, 2.05) is 0 Å². The van der Waals surface area contributed by atoms with Crippen LogP contribution in [-0.2, 0) is 0 Å². The highest BCUT2D eigenvalue weighted by Gasteiger charge is 2.25. The van der Waals surface area contributed by atoms with E-state index in [1.165, 1.54) is 12.1 Å². The molecule has 98 valence electrons. The number of nitrogens with two attached hydrogens (primary N) is 1. The van der Waals surface area contributed by atoms with Crippen LogP contribution in [0.1, 0.15) is 13.3 Å². The number of hydrogen-bond acceptors (Lipinski definition) is 2. The number of carbonyl (C=O) groups is 1. The maximum atomic E-state index is 13.0. The zero-order valence-electron chi connectivity index (χ0n) is 10.4. The summed E-state index contributed by atoms with van der Waals surface area (Å²) in [6.45, 7) is 3.31. The minimum atomic E-state index is -0.364. The number of likely N-dealkylation sites (tertiary alicyclic amines) is 1. The second kappa shape index (κ2) is 5.35. The first-order valence-electron chi connectivity index (χ1n) is 6.11. The fourth-order valence-corrected chi connectivity index (χ4v) is 2.33. The molecule has 1 aliphatic heterocycles. The molecule has 0 aromatic heterocycles. The highest BCUT2D eigenvalue weighted by Crippen LogP contribution is 2.17. The molecular weight excluding hydrogens is 233 g/mol. The van der Waals surface area contributed by atoms with Gasteiger partial charge in [0.2, 0.25) is 0 Å². The summed E-state index contributed by atoms with van der Waals surface area (Å²) in [5.41, 5.74) is 6.35. The van der Waals surface area contributed by atoms with E-state index in [1.54, 1.807) is 17.0 Å². The Bertz CT molecular complexity index is 428. The lowest BCUT2D eigenvalue weighted by molar-refractivity contribution is 0.172. The third kappa shape index (κ3) is 3.20. The maximum Gasteiger partial charge on any atom is 0.321 e. The number of benzene rings is 1. The second-order valence-electron chi connectivity index (χ2n) is 4.95. The zero-order valence-corrected chi connectivity index (χ0v) is 10.4. The standard InChI is InChI=1S/C13H18FN3O/c1-9-5-11(15)8-17(7-9)13(18)16-12-4-2-3-10(14)6-12/h2-4,6,9,11H,5,7-8,15H2,1H3,(H,16,18). The predicted octanol–water partition coefficient (Wildman–Crippen LogP) is 2.03. The minimum Gasteiger partial charge on any atom is -0.326 e. The number of nitrogens with zero attached hydrogens (tertiary/aromatic N) is 1. The lowest BCUT2D eigenvalue weighted by atomic mass is 9.97. The molecule has 2 rings (SSSR count). The third-order valence-corrected chi connectivity index (χ3v) is 3.06. The first-order chi connectivity index (χ1) is 8.54. The van der Waals surface area contributed by atoms with E-state index in [-0.39, 0.29) is 17.9 Å². The Hall–Kier alpha value is -1.62. The van der Waals surface area contributed by atoms with Crippen LogP contribution >= 0.6 is 0 Å². The molecule has 0 spiro atoms. The quantitative estimate of drug-likeness (QED) is 0.802. The Kier molecular flexibility index (Phi) is 3.81. The van der Waals surface area contributed by atoms with E-state index in [9.17, 15) is 9.18 Å². The van der Waals surface area contributed by atoms with Gasteiger partial charge >= 0.3 is 6.03 Å². The van der Waals surface area contributed by atoms with Gasteiger partial charge in [-0.2, -0.15) is 0 Å². The molecule has 3 N–H and O–H groups in total. The summed E-state index contributed by atoms with van der Waals surface area (Å²) in [7, 11) is 0. The van der Waals surface area contributed by atoms with Crippen LogP contribution < -0.4 is 11.1 Å². The maximum absolute atomic E-state index is 13.0. The Morgan fingerprint density at radius 2 is 2.28 bits per heavy atom. The van der Waals surface area contributed by atoms with Crippen LogP contribution in [0, 0.1) is 11.7 Å². The number of amides is 2. The van der Waals surface area contributed by atoms with Gasteiger partial charge in [0, 0.05) is 24.8 Å². The molecule has 5 heteroatoms. The van der Waals surface area contributed by atoms with E-state index in [0.717, 1.165) is 6.42 Å². The summed E-state index contributed by atoms with van der Waals surface area (Å²) in [6, 6.07) is 5.67. The van der Waals surface area contributed by atoms with Crippen molar-refractivity contribution in [2.75, 3.05) is 18.4 Å². The molecular formula is C13H18FN3O. The van der Waals surface area contributed by atoms with E-state index in [0.29, 0.717) is 24.7 Å². The number of nitrogens with one attached hydrogen (secondary N) is 1. The number of rotatable bonds is 1. The average Bonchev–Trinajstić information content (AvgIpc) is 2.27. The molecule has 1 heterocycles. The number of piperidine rings is 1. The minimum absolute atomic E-state index is 0.0204. The average molecular weight is 251 g/mol. The zero-order chi connectivity index (χ0) is 13.1. The summed E-state index contributed by atoms with van der Waals surface area (Å²) in [5, 5.41) is 2.68. The Morgan fingerprint density at radius 3 is 2.94 bits per heavy atom. The van der Waals surface area contributed by atoms with Gasteiger partial charge in [-0.05, 0) is 30.5 Å². The van der Waals surface area contributed by atoms with Gasteiger partial charge in [-0.3, -0.25) is 0 Å². The monoisotopic (exact) mass is 251 g/mol. The Labute approximate surface area is 106 Å². The SMILES string of the molecule is CC1CC(N)CN(C(=O)Nc2cccc(F)c2)C1. The van der Waals surface area contributed by atoms with Crippen molar-refractivity contribution in [2.45, 2.75) is 19.4 Å². The van der Waals surface area contributed by atoms with Crippen molar-refractivity contribution in [3.05, 3.63) is 30.1 Å². The molecule has 2 amide bonds. The van der Waals surface area contributed by atoms with Crippen molar-refractivity contribution < 1.29 is 9.18 Å².